The highest BCUT2D eigenvalue weighted by atomic mass is 16.5. The zero-order valence-electron chi connectivity index (χ0n) is 21.3. The summed E-state index contributed by atoms with van der Waals surface area (Å²) in [5.74, 6) is -0.190. The van der Waals surface area contributed by atoms with Gasteiger partial charge in [0.25, 0.3) is 0 Å². The molecule has 5 heteroatoms. The Morgan fingerprint density at radius 3 is 2.46 bits per heavy atom. The largest absolute Gasteiger partial charge is 0.491 e. The van der Waals surface area contributed by atoms with Crippen LogP contribution in [0.25, 0.3) is 0 Å². The summed E-state index contributed by atoms with van der Waals surface area (Å²) in [5, 5.41) is 3.40. The average Bonchev–Trinajstić information content (AvgIpc) is 2.78. The van der Waals surface area contributed by atoms with Gasteiger partial charge < -0.3 is 14.8 Å². The van der Waals surface area contributed by atoms with E-state index in [4.69, 9.17) is 9.47 Å². The van der Waals surface area contributed by atoms with Crippen LogP contribution in [0, 0.1) is 5.41 Å². The summed E-state index contributed by atoms with van der Waals surface area (Å²) in [7, 11) is 0. The van der Waals surface area contributed by atoms with E-state index < -0.39 is 11.9 Å². The molecule has 0 unspecified atom stereocenters. The lowest BCUT2D eigenvalue weighted by Crippen LogP contribution is -2.39. The Balaban J connectivity index is 1.72. The highest BCUT2D eigenvalue weighted by Crippen LogP contribution is 2.48. The summed E-state index contributed by atoms with van der Waals surface area (Å²) < 4.78 is 11.9. The quantitative estimate of drug-likeness (QED) is 0.510. The van der Waals surface area contributed by atoms with Gasteiger partial charge in [-0.3, -0.25) is 4.79 Å². The summed E-state index contributed by atoms with van der Waals surface area (Å²) in [4.78, 5) is 27.1. The second kappa shape index (κ2) is 10.1. The molecule has 2 aromatic carbocycles. The molecule has 0 bridgehead atoms. The van der Waals surface area contributed by atoms with Crippen molar-refractivity contribution in [2.45, 2.75) is 65.9 Å². The van der Waals surface area contributed by atoms with Crippen LogP contribution in [-0.2, 0) is 20.7 Å². The Labute approximate surface area is 208 Å². The first-order valence-corrected chi connectivity index (χ1v) is 12.4. The molecule has 0 spiro atoms. The lowest BCUT2D eigenvalue weighted by atomic mass is 9.68. The van der Waals surface area contributed by atoms with Crippen molar-refractivity contribution >= 4 is 11.8 Å². The molecule has 2 aliphatic rings. The van der Waals surface area contributed by atoms with Gasteiger partial charge in [0, 0.05) is 35.4 Å². The summed E-state index contributed by atoms with van der Waals surface area (Å²) in [6, 6.07) is 17.6. The molecule has 5 nitrogen and oxygen atoms in total. The van der Waals surface area contributed by atoms with Gasteiger partial charge in [0.1, 0.15) is 5.75 Å². The maximum absolute atomic E-state index is 13.5. The van der Waals surface area contributed by atoms with E-state index in [-0.39, 0.29) is 23.9 Å². The van der Waals surface area contributed by atoms with Crippen LogP contribution in [0.3, 0.4) is 0 Å². The number of ether oxygens (including phenoxy) is 2. The molecule has 184 valence electrons. The van der Waals surface area contributed by atoms with Gasteiger partial charge in [-0.15, -0.1) is 0 Å². The van der Waals surface area contributed by atoms with Crippen LogP contribution >= 0.6 is 0 Å². The van der Waals surface area contributed by atoms with E-state index in [0.29, 0.717) is 29.7 Å². The maximum atomic E-state index is 13.5. The van der Waals surface area contributed by atoms with E-state index in [1.165, 1.54) is 0 Å². The minimum atomic E-state index is -0.533. The Kier molecular flexibility index (Phi) is 7.15. The number of nitrogens with one attached hydrogen (secondary N) is 1. The molecule has 0 amide bonds. The van der Waals surface area contributed by atoms with Gasteiger partial charge in [0.05, 0.1) is 24.2 Å². The van der Waals surface area contributed by atoms with Gasteiger partial charge >= 0.3 is 5.97 Å². The molecular weight excluding hydrogens is 438 g/mol. The third-order valence-electron chi connectivity index (χ3n) is 6.52. The average molecular weight is 474 g/mol. The van der Waals surface area contributed by atoms with Gasteiger partial charge in [0.2, 0.25) is 0 Å². The van der Waals surface area contributed by atoms with E-state index in [0.717, 1.165) is 28.9 Å². The minimum absolute atomic E-state index is 0.0429. The maximum Gasteiger partial charge on any atom is 0.336 e. The number of esters is 1. The first-order valence-electron chi connectivity index (χ1n) is 12.4. The van der Waals surface area contributed by atoms with Crippen LogP contribution in [0.4, 0.5) is 0 Å². The van der Waals surface area contributed by atoms with Crippen LogP contribution in [0.2, 0.25) is 0 Å². The highest BCUT2D eigenvalue weighted by Gasteiger charge is 2.44. The van der Waals surface area contributed by atoms with Crippen LogP contribution in [0.1, 0.15) is 64.5 Å². The standard InChI is InChI=1S/C30H35NO4/c1-19(2)35-25-14-10-9-13-22(25)27-26(29(33)34-16-15-21-11-7-6-8-12-21)20(3)31-23-17-30(4,5)18-24(32)28(23)27/h6-14,19,27,31H,15-18H2,1-5H3/t27-/m1/s1. The Hall–Kier alpha value is -3.34. The van der Waals surface area contributed by atoms with Crippen molar-refractivity contribution in [2.75, 3.05) is 6.61 Å². The molecule has 2 aromatic rings. The second-order valence-electron chi connectivity index (χ2n) is 10.5. The van der Waals surface area contributed by atoms with E-state index in [1.54, 1.807) is 0 Å². The van der Waals surface area contributed by atoms with Crippen LogP contribution in [0.15, 0.2) is 77.1 Å². The fourth-order valence-corrected chi connectivity index (χ4v) is 5.08. The highest BCUT2D eigenvalue weighted by molar-refractivity contribution is 6.04. The van der Waals surface area contributed by atoms with Crippen molar-refractivity contribution in [1.29, 1.82) is 0 Å². The van der Waals surface area contributed by atoms with Crippen molar-refractivity contribution in [1.82, 2.24) is 5.32 Å². The number of benzene rings is 2. The van der Waals surface area contributed by atoms with Gasteiger partial charge in [0.15, 0.2) is 5.78 Å². The third-order valence-corrected chi connectivity index (χ3v) is 6.52. The lowest BCUT2D eigenvalue weighted by molar-refractivity contribution is -0.139. The van der Waals surface area contributed by atoms with E-state index >= 15 is 0 Å². The van der Waals surface area contributed by atoms with Crippen molar-refractivity contribution in [2.24, 2.45) is 5.41 Å². The zero-order chi connectivity index (χ0) is 25.2. The van der Waals surface area contributed by atoms with Crippen LogP contribution < -0.4 is 10.1 Å². The molecule has 1 aliphatic carbocycles. The van der Waals surface area contributed by atoms with Gasteiger partial charge in [-0.25, -0.2) is 4.79 Å². The minimum Gasteiger partial charge on any atom is -0.491 e. The summed E-state index contributed by atoms with van der Waals surface area (Å²) >= 11 is 0. The van der Waals surface area contributed by atoms with Gasteiger partial charge in [-0.05, 0) is 44.2 Å². The van der Waals surface area contributed by atoms with Crippen molar-refractivity contribution in [3.63, 3.8) is 0 Å². The topological polar surface area (TPSA) is 64.6 Å². The van der Waals surface area contributed by atoms with Crippen LogP contribution in [-0.4, -0.2) is 24.5 Å². The molecule has 1 N–H and O–H groups in total. The number of dihydropyridines is 1. The van der Waals surface area contributed by atoms with Crippen molar-refractivity contribution < 1.29 is 19.1 Å². The summed E-state index contributed by atoms with van der Waals surface area (Å²) in [6.45, 7) is 10.3. The number of allylic oxidation sites excluding steroid dienone is 3. The Bertz CT molecular complexity index is 1170. The molecule has 0 aromatic heterocycles. The van der Waals surface area contributed by atoms with E-state index in [1.807, 2.05) is 75.4 Å². The molecule has 0 saturated carbocycles. The van der Waals surface area contributed by atoms with Crippen molar-refractivity contribution in [3.05, 3.63) is 88.3 Å². The monoisotopic (exact) mass is 473 g/mol. The molecule has 1 atom stereocenters. The molecule has 1 heterocycles. The number of ketones is 1. The molecule has 1 aliphatic heterocycles. The van der Waals surface area contributed by atoms with Gasteiger partial charge in [-0.2, -0.15) is 0 Å². The molecule has 35 heavy (non-hydrogen) atoms. The first kappa shape index (κ1) is 24.8. The smallest absolute Gasteiger partial charge is 0.336 e. The number of hydrogen-bond donors (Lipinski definition) is 1. The lowest BCUT2D eigenvalue weighted by Gasteiger charge is -2.39. The molecule has 4 rings (SSSR count). The Morgan fingerprint density at radius 1 is 1.06 bits per heavy atom. The predicted molar refractivity (Wildman–Crippen MR) is 137 cm³/mol. The number of hydrogen-bond acceptors (Lipinski definition) is 5. The normalized spacial score (nSPS) is 19.4. The van der Waals surface area contributed by atoms with E-state index in [2.05, 4.69) is 19.2 Å². The summed E-state index contributed by atoms with van der Waals surface area (Å²) in [6.07, 6.45) is 1.77. The summed E-state index contributed by atoms with van der Waals surface area (Å²) in [5.41, 5.74) is 4.54. The second-order valence-corrected chi connectivity index (χ2v) is 10.5. The number of carbonyl (C=O) groups is 2. The van der Waals surface area contributed by atoms with Crippen LogP contribution in [0.5, 0.6) is 5.75 Å². The first-order chi connectivity index (χ1) is 16.7. The molecule has 0 radical (unpaired) electrons. The molecule has 0 saturated heterocycles. The SMILES string of the molecule is CC1=C(C(=O)OCCc2ccccc2)[C@@H](c2ccccc2OC(C)C)C2=C(CC(C)(C)CC2=O)N1. The van der Waals surface area contributed by atoms with Crippen molar-refractivity contribution in [3.8, 4) is 5.75 Å². The van der Waals surface area contributed by atoms with Gasteiger partial charge in [-0.1, -0.05) is 62.4 Å². The molecule has 0 fully saturated rings. The fourth-order valence-electron chi connectivity index (χ4n) is 5.08. The zero-order valence-corrected chi connectivity index (χ0v) is 21.3. The fraction of sp³-hybridized carbons (Fsp3) is 0.400. The number of Topliss-reactive ketones (excluding diaryl/α,β-unsaturated/α-hetero) is 1. The van der Waals surface area contributed by atoms with E-state index in [9.17, 15) is 9.59 Å². The predicted octanol–water partition coefficient (Wildman–Crippen LogP) is 5.86. The number of rotatable bonds is 7. The third kappa shape index (κ3) is 5.50. The Morgan fingerprint density at radius 2 is 1.74 bits per heavy atom. The number of para-hydroxylation sites is 1. The number of carbonyl (C=O) groups excluding carboxylic acids is 2. The molecular formula is C30H35NO4.